The van der Waals surface area contributed by atoms with E-state index in [1.54, 1.807) is 20.0 Å². The molecule has 4 rings (SSSR count). The quantitative estimate of drug-likeness (QED) is 0.623. The number of amides is 1. The number of fused-ring (bicyclic) bond motifs is 1. The second kappa shape index (κ2) is 10.0. The van der Waals surface area contributed by atoms with Crippen LogP contribution < -0.4 is 4.90 Å². The molecule has 0 aromatic heterocycles. The highest BCUT2D eigenvalue weighted by molar-refractivity contribution is 7.88. The molecule has 9 heteroatoms. The summed E-state index contributed by atoms with van der Waals surface area (Å²) >= 11 is 6.20. The van der Waals surface area contributed by atoms with Gasteiger partial charge in [-0.05, 0) is 41.3 Å². The Morgan fingerprint density at radius 2 is 1.76 bits per heavy atom. The van der Waals surface area contributed by atoms with Crippen LogP contribution in [0.1, 0.15) is 23.6 Å². The fourth-order valence-electron chi connectivity index (χ4n) is 4.48. The molecule has 0 N–H and O–H groups in total. The zero-order chi connectivity index (χ0) is 23.6. The topological polar surface area (TPSA) is 64.2 Å². The summed E-state index contributed by atoms with van der Waals surface area (Å²) in [5.74, 6) is 0.120. The molecule has 1 amide bonds. The number of nitrogens with zero attached hydrogens (tertiary/aromatic N) is 4. The fourth-order valence-corrected chi connectivity index (χ4v) is 5.89. The van der Waals surface area contributed by atoms with Crippen LogP contribution in [-0.4, -0.2) is 74.1 Å². The molecule has 0 saturated carbocycles. The lowest BCUT2D eigenvalue weighted by molar-refractivity contribution is -0.129. The molecule has 178 valence electrons. The van der Waals surface area contributed by atoms with Crippen LogP contribution in [0.3, 0.4) is 0 Å². The van der Waals surface area contributed by atoms with Crippen molar-refractivity contribution in [1.29, 1.82) is 0 Å². The Morgan fingerprint density at radius 1 is 1.03 bits per heavy atom. The zero-order valence-electron chi connectivity index (χ0n) is 19.2. The van der Waals surface area contributed by atoms with Crippen molar-refractivity contribution in [3.8, 4) is 0 Å². The van der Waals surface area contributed by atoms with E-state index < -0.39 is 10.0 Å². The van der Waals surface area contributed by atoms with Gasteiger partial charge in [0, 0.05) is 70.5 Å². The third-order valence-corrected chi connectivity index (χ3v) is 8.68. The van der Waals surface area contributed by atoms with Crippen LogP contribution in [0.25, 0.3) is 0 Å². The first-order valence-electron chi connectivity index (χ1n) is 11.2. The Hall–Kier alpha value is -2.13. The average molecular weight is 491 g/mol. The summed E-state index contributed by atoms with van der Waals surface area (Å²) in [6.45, 7) is 6.36. The van der Waals surface area contributed by atoms with Gasteiger partial charge in [-0.2, -0.15) is 4.31 Å². The molecule has 2 aromatic carbocycles. The predicted octanol–water partition coefficient (Wildman–Crippen LogP) is 2.79. The minimum atomic E-state index is -3.45. The van der Waals surface area contributed by atoms with E-state index in [0.29, 0.717) is 18.1 Å². The van der Waals surface area contributed by atoms with Gasteiger partial charge in [-0.3, -0.25) is 9.69 Å². The van der Waals surface area contributed by atoms with Crippen molar-refractivity contribution in [2.45, 2.75) is 26.4 Å². The van der Waals surface area contributed by atoms with Crippen LogP contribution >= 0.6 is 11.6 Å². The van der Waals surface area contributed by atoms with Gasteiger partial charge in [0.15, 0.2) is 0 Å². The Labute approximate surface area is 201 Å². The van der Waals surface area contributed by atoms with Gasteiger partial charge in [-0.1, -0.05) is 35.9 Å². The van der Waals surface area contributed by atoms with Crippen molar-refractivity contribution in [1.82, 2.24) is 14.1 Å². The predicted molar refractivity (Wildman–Crippen MR) is 132 cm³/mol. The molecular formula is C24H31ClN4O3S. The number of carbonyl (C=O) groups excluding carboxylic acids is 1. The minimum absolute atomic E-state index is 0.0118. The molecule has 0 aliphatic carbocycles. The standard InChI is InChI=1S/C24H31ClN4O3S/c1-19(30)28-11-13-29(14-12-28)23-8-7-21-17-27(10-9-20(21)15-23)18-33(31,32)26(2)16-22-5-3-4-6-24(22)25/h3-8,15H,9-14,16-18H2,1-2H3. The second-order valence-electron chi connectivity index (χ2n) is 8.84. The van der Waals surface area contributed by atoms with Crippen molar-refractivity contribution in [2.75, 3.05) is 50.5 Å². The summed E-state index contributed by atoms with van der Waals surface area (Å²) in [5, 5.41) is 0.574. The van der Waals surface area contributed by atoms with Crippen molar-refractivity contribution < 1.29 is 13.2 Å². The number of halogens is 1. The summed E-state index contributed by atoms with van der Waals surface area (Å²) in [4.78, 5) is 17.8. The van der Waals surface area contributed by atoms with E-state index in [4.69, 9.17) is 11.6 Å². The zero-order valence-corrected chi connectivity index (χ0v) is 20.8. The highest BCUT2D eigenvalue weighted by Crippen LogP contribution is 2.26. The van der Waals surface area contributed by atoms with E-state index >= 15 is 0 Å². The number of hydrogen-bond acceptors (Lipinski definition) is 5. The number of carbonyl (C=O) groups is 1. The number of rotatable bonds is 6. The smallest absolute Gasteiger partial charge is 0.227 e. The van der Waals surface area contributed by atoms with Gasteiger partial charge in [-0.25, -0.2) is 8.42 Å². The maximum absolute atomic E-state index is 13.0. The molecule has 2 aliphatic heterocycles. The van der Waals surface area contributed by atoms with Crippen LogP contribution in [0.15, 0.2) is 42.5 Å². The molecule has 2 aliphatic rings. The van der Waals surface area contributed by atoms with Crippen LogP contribution in [-0.2, 0) is 34.3 Å². The molecule has 33 heavy (non-hydrogen) atoms. The third kappa shape index (κ3) is 5.69. The summed E-state index contributed by atoms with van der Waals surface area (Å²) in [5.41, 5.74) is 4.43. The molecule has 0 unspecified atom stereocenters. The van der Waals surface area contributed by atoms with Gasteiger partial charge in [-0.15, -0.1) is 0 Å². The van der Waals surface area contributed by atoms with Gasteiger partial charge in [0.05, 0.1) is 0 Å². The summed E-state index contributed by atoms with van der Waals surface area (Å²) in [6, 6.07) is 13.8. The Morgan fingerprint density at radius 3 is 2.45 bits per heavy atom. The number of hydrogen-bond donors (Lipinski definition) is 0. The lowest BCUT2D eigenvalue weighted by atomic mass is 9.99. The van der Waals surface area contributed by atoms with Crippen LogP contribution in [0.4, 0.5) is 5.69 Å². The van der Waals surface area contributed by atoms with Gasteiger partial charge < -0.3 is 9.80 Å². The Kier molecular flexibility index (Phi) is 7.28. The largest absolute Gasteiger partial charge is 0.368 e. The Balaban J connectivity index is 1.37. The minimum Gasteiger partial charge on any atom is -0.368 e. The normalized spacial score (nSPS) is 17.3. The van der Waals surface area contributed by atoms with E-state index in [2.05, 4.69) is 23.1 Å². The molecule has 1 saturated heterocycles. The monoisotopic (exact) mass is 490 g/mol. The lowest BCUT2D eigenvalue weighted by Gasteiger charge is -2.36. The molecule has 0 spiro atoms. The molecule has 2 heterocycles. The number of piperazine rings is 1. The highest BCUT2D eigenvalue weighted by Gasteiger charge is 2.26. The first-order valence-corrected chi connectivity index (χ1v) is 13.2. The first kappa shape index (κ1) is 24.0. The van der Waals surface area contributed by atoms with E-state index in [-0.39, 0.29) is 18.3 Å². The summed E-state index contributed by atoms with van der Waals surface area (Å²) < 4.78 is 27.3. The van der Waals surface area contributed by atoms with Gasteiger partial charge >= 0.3 is 0 Å². The van der Waals surface area contributed by atoms with Crippen LogP contribution in [0.2, 0.25) is 5.02 Å². The van der Waals surface area contributed by atoms with Crippen LogP contribution in [0, 0.1) is 0 Å². The highest BCUT2D eigenvalue weighted by atomic mass is 35.5. The van der Waals surface area contributed by atoms with E-state index in [1.807, 2.05) is 28.0 Å². The summed E-state index contributed by atoms with van der Waals surface area (Å²) in [6.07, 6.45) is 0.820. The maximum Gasteiger partial charge on any atom is 0.227 e. The molecule has 0 radical (unpaired) electrons. The van der Waals surface area contributed by atoms with Crippen LogP contribution in [0.5, 0.6) is 0 Å². The van der Waals surface area contributed by atoms with Gasteiger partial charge in [0.25, 0.3) is 0 Å². The summed E-state index contributed by atoms with van der Waals surface area (Å²) in [7, 11) is -1.85. The number of sulfonamides is 1. The van der Waals surface area contributed by atoms with E-state index in [1.165, 1.54) is 21.1 Å². The average Bonchev–Trinajstić information content (AvgIpc) is 2.80. The SMILES string of the molecule is CC(=O)N1CCN(c2ccc3c(c2)CCN(CS(=O)(=O)N(C)Cc2ccccc2Cl)C3)CC1. The van der Waals surface area contributed by atoms with Crippen molar-refractivity contribution in [2.24, 2.45) is 0 Å². The first-order chi connectivity index (χ1) is 15.7. The van der Waals surface area contributed by atoms with Crippen molar-refractivity contribution in [3.63, 3.8) is 0 Å². The van der Waals surface area contributed by atoms with E-state index in [0.717, 1.165) is 38.2 Å². The van der Waals surface area contributed by atoms with Crippen molar-refractivity contribution >= 4 is 33.2 Å². The second-order valence-corrected chi connectivity index (χ2v) is 11.3. The molecule has 0 atom stereocenters. The maximum atomic E-state index is 13.0. The number of benzene rings is 2. The van der Waals surface area contributed by atoms with Crippen molar-refractivity contribution in [3.05, 3.63) is 64.2 Å². The van der Waals surface area contributed by atoms with E-state index in [9.17, 15) is 13.2 Å². The molecule has 2 aromatic rings. The van der Waals surface area contributed by atoms with Gasteiger partial charge in [0.1, 0.15) is 5.88 Å². The Bertz CT molecular complexity index is 1120. The fraction of sp³-hybridized carbons (Fsp3) is 0.458. The molecule has 1 fully saturated rings. The molecule has 7 nitrogen and oxygen atoms in total. The molecular weight excluding hydrogens is 460 g/mol. The van der Waals surface area contributed by atoms with Gasteiger partial charge in [0.2, 0.25) is 15.9 Å². The lowest BCUT2D eigenvalue weighted by Crippen LogP contribution is -2.48. The number of anilines is 1. The molecule has 0 bridgehead atoms. The third-order valence-electron chi connectivity index (χ3n) is 6.54.